The van der Waals surface area contributed by atoms with E-state index in [1.54, 1.807) is 0 Å². The number of hydrogen-bond acceptors (Lipinski definition) is 4. The Kier molecular flexibility index (Phi) is 5.22. The molecule has 1 heterocycles. The maximum absolute atomic E-state index is 10.1. The maximum Gasteiger partial charge on any atom is 0.0771 e. The third-order valence-corrected chi connectivity index (χ3v) is 3.92. The monoisotopic (exact) mass is 242 g/mol. The van der Waals surface area contributed by atoms with Crippen molar-refractivity contribution < 1.29 is 9.84 Å². The van der Waals surface area contributed by atoms with Gasteiger partial charge in [-0.05, 0) is 32.4 Å². The number of nitrogens with one attached hydrogen (secondary N) is 1. The zero-order chi connectivity index (χ0) is 12.0. The molecule has 0 radical (unpaired) electrons. The zero-order valence-electron chi connectivity index (χ0n) is 10.8. The van der Waals surface area contributed by atoms with Gasteiger partial charge in [0.05, 0.1) is 18.8 Å². The van der Waals surface area contributed by atoms with Crippen LogP contribution in [0.2, 0.25) is 0 Å². The van der Waals surface area contributed by atoms with E-state index in [1.165, 1.54) is 12.8 Å². The maximum atomic E-state index is 10.1. The van der Waals surface area contributed by atoms with Crippen LogP contribution in [0.25, 0.3) is 0 Å². The fourth-order valence-corrected chi connectivity index (χ4v) is 2.78. The number of hydrogen-bond donors (Lipinski definition) is 2. The van der Waals surface area contributed by atoms with Crippen LogP contribution < -0.4 is 5.32 Å². The summed E-state index contributed by atoms with van der Waals surface area (Å²) in [4.78, 5) is 2.45. The Hall–Kier alpha value is -0.160. The lowest BCUT2D eigenvalue weighted by molar-refractivity contribution is 0.0358. The van der Waals surface area contributed by atoms with E-state index in [9.17, 15) is 5.11 Å². The van der Waals surface area contributed by atoms with Crippen molar-refractivity contribution in [1.82, 2.24) is 10.2 Å². The van der Waals surface area contributed by atoms with Crippen LogP contribution in [-0.2, 0) is 4.74 Å². The molecule has 2 N–H and O–H groups in total. The third kappa shape index (κ3) is 4.54. The number of nitrogens with zero attached hydrogens (tertiary/aromatic N) is 1. The Labute approximate surface area is 104 Å². The SMILES string of the molecule is OC1(CNCCCN2CCOCC2)CCCC1. The van der Waals surface area contributed by atoms with E-state index in [2.05, 4.69) is 10.2 Å². The van der Waals surface area contributed by atoms with Gasteiger partial charge in [-0.2, -0.15) is 0 Å². The van der Waals surface area contributed by atoms with Crippen LogP contribution in [0.4, 0.5) is 0 Å². The lowest BCUT2D eigenvalue weighted by Crippen LogP contribution is -2.40. The molecule has 0 unspecified atom stereocenters. The molecule has 100 valence electrons. The number of morpholine rings is 1. The first-order valence-electron chi connectivity index (χ1n) is 7.02. The van der Waals surface area contributed by atoms with Crippen LogP contribution in [0.1, 0.15) is 32.1 Å². The lowest BCUT2D eigenvalue weighted by atomic mass is 10.0. The van der Waals surface area contributed by atoms with Crippen molar-refractivity contribution in [3.8, 4) is 0 Å². The largest absolute Gasteiger partial charge is 0.389 e. The summed E-state index contributed by atoms with van der Waals surface area (Å²) in [5.74, 6) is 0. The van der Waals surface area contributed by atoms with Gasteiger partial charge in [-0.3, -0.25) is 4.90 Å². The van der Waals surface area contributed by atoms with Crippen LogP contribution in [0.5, 0.6) is 0 Å². The van der Waals surface area contributed by atoms with Gasteiger partial charge < -0.3 is 15.2 Å². The Bertz CT molecular complexity index is 211. The Morgan fingerprint density at radius 3 is 2.59 bits per heavy atom. The summed E-state index contributed by atoms with van der Waals surface area (Å²) in [5, 5.41) is 13.5. The minimum absolute atomic E-state index is 0.404. The van der Waals surface area contributed by atoms with Gasteiger partial charge in [0.2, 0.25) is 0 Å². The average molecular weight is 242 g/mol. The van der Waals surface area contributed by atoms with Crippen molar-refractivity contribution in [2.75, 3.05) is 45.9 Å². The van der Waals surface area contributed by atoms with Gasteiger partial charge in [0, 0.05) is 19.6 Å². The molecule has 2 aliphatic rings. The summed E-state index contributed by atoms with van der Waals surface area (Å²) >= 11 is 0. The highest BCUT2D eigenvalue weighted by Crippen LogP contribution is 2.28. The summed E-state index contributed by atoms with van der Waals surface area (Å²) in [5.41, 5.74) is -0.404. The van der Waals surface area contributed by atoms with Gasteiger partial charge in [-0.1, -0.05) is 12.8 Å². The molecule has 0 aromatic heterocycles. The van der Waals surface area contributed by atoms with Crippen molar-refractivity contribution in [2.24, 2.45) is 0 Å². The van der Waals surface area contributed by atoms with Crippen molar-refractivity contribution in [1.29, 1.82) is 0 Å². The summed E-state index contributed by atoms with van der Waals surface area (Å²) in [6.07, 6.45) is 5.49. The van der Waals surface area contributed by atoms with Gasteiger partial charge in [-0.15, -0.1) is 0 Å². The molecule has 1 aliphatic heterocycles. The van der Waals surface area contributed by atoms with Crippen molar-refractivity contribution in [3.05, 3.63) is 0 Å². The molecule has 0 atom stereocenters. The van der Waals surface area contributed by atoms with E-state index < -0.39 is 5.60 Å². The van der Waals surface area contributed by atoms with E-state index in [0.29, 0.717) is 0 Å². The number of aliphatic hydroxyl groups is 1. The molecule has 17 heavy (non-hydrogen) atoms. The first-order valence-corrected chi connectivity index (χ1v) is 7.02. The summed E-state index contributed by atoms with van der Waals surface area (Å²) in [6.45, 7) is 6.85. The first kappa shape index (κ1) is 13.3. The average Bonchev–Trinajstić information content (AvgIpc) is 2.77. The fraction of sp³-hybridized carbons (Fsp3) is 1.00. The molecule has 0 amide bonds. The van der Waals surface area contributed by atoms with E-state index in [1.807, 2.05) is 0 Å². The van der Waals surface area contributed by atoms with Crippen molar-refractivity contribution in [3.63, 3.8) is 0 Å². The van der Waals surface area contributed by atoms with E-state index in [-0.39, 0.29) is 0 Å². The highest BCUT2D eigenvalue weighted by atomic mass is 16.5. The zero-order valence-corrected chi connectivity index (χ0v) is 10.8. The van der Waals surface area contributed by atoms with Crippen LogP contribution >= 0.6 is 0 Å². The van der Waals surface area contributed by atoms with Crippen LogP contribution in [0, 0.1) is 0 Å². The topological polar surface area (TPSA) is 44.7 Å². The highest BCUT2D eigenvalue weighted by Gasteiger charge is 2.30. The number of ether oxygens (including phenoxy) is 1. The third-order valence-electron chi connectivity index (χ3n) is 3.92. The molecule has 4 heteroatoms. The second kappa shape index (κ2) is 6.69. The predicted molar refractivity (Wildman–Crippen MR) is 68.2 cm³/mol. The Morgan fingerprint density at radius 1 is 1.18 bits per heavy atom. The van der Waals surface area contributed by atoms with Crippen molar-refractivity contribution in [2.45, 2.75) is 37.7 Å². The normalized spacial score (nSPS) is 25.2. The Balaban J connectivity index is 1.48. The second-order valence-corrected chi connectivity index (χ2v) is 5.42. The first-order chi connectivity index (χ1) is 8.29. The summed E-state index contributed by atoms with van der Waals surface area (Å²) in [7, 11) is 0. The molecule has 4 nitrogen and oxygen atoms in total. The van der Waals surface area contributed by atoms with E-state index >= 15 is 0 Å². The minimum atomic E-state index is -0.404. The molecule has 1 aliphatic carbocycles. The standard InChI is InChI=1S/C13H26N2O2/c16-13(4-1-2-5-13)12-14-6-3-7-15-8-10-17-11-9-15/h14,16H,1-12H2. The van der Waals surface area contributed by atoms with Gasteiger partial charge in [0.1, 0.15) is 0 Å². The van der Waals surface area contributed by atoms with E-state index in [0.717, 1.165) is 65.2 Å². The minimum Gasteiger partial charge on any atom is -0.389 e. The number of rotatable bonds is 6. The fourth-order valence-electron chi connectivity index (χ4n) is 2.78. The Morgan fingerprint density at radius 2 is 1.88 bits per heavy atom. The molecular formula is C13H26N2O2. The second-order valence-electron chi connectivity index (χ2n) is 5.42. The molecule has 0 aromatic carbocycles. The molecule has 0 spiro atoms. The quantitative estimate of drug-likeness (QED) is 0.670. The van der Waals surface area contributed by atoms with Crippen LogP contribution in [0.15, 0.2) is 0 Å². The van der Waals surface area contributed by atoms with Crippen LogP contribution in [-0.4, -0.2) is 61.5 Å². The molecule has 0 aromatic rings. The molecule has 0 bridgehead atoms. The summed E-state index contributed by atoms with van der Waals surface area (Å²) in [6, 6.07) is 0. The summed E-state index contributed by atoms with van der Waals surface area (Å²) < 4.78 is 5.32. The van der Waals surface area contributed by atoms with Gasteiger partial charge >= 0.3 is 0 Å². The van der Waals surface area contributed by atoms with Gasteiger partial charge in [-0.25, -0.2) is 0 Å². The molecule has 2 rings (SSSR count). The van der Waals surface area contributed by atoms with Crippen molar-refractivity contribution >= 4 is 0 Å². The lowest BCUT2D eigenvalue weighted by Gasteiger charge is -2.27. The molecule has 1 saturated carbocycles. The van der Waals surface area contributed by atoms with Gasteiger partial charge in [0.15, 0.2) is 0 Å². The molecule has 1 saturated heterocycles. The highest BCUT2D eigenvalue weighted by molar-refractivity contribution is 4.86. The van der Waals surface area contributed by atoms with E-state index in [4.69, 9.17) is 4.74 Å². The smallest absolute Gasteiger partial charge is 0.0771 e. The molecule has 2 fully saturated rings. The van der Waals surface area contributed by atoms with Gasteiger partial charge in [0.25, 0.3) is 0 Å². The molecular weight excluding hydrogens is 216 g/mol. The predicted octanol–water partition coefficient (Wildman–Crippen LogP) is 0.603. The van der Waals surface area contributed by atoms with Crippen LogP contribution in [0.3, 0.4) is 0 Å².